The highest BCUT2D eigenvalue weighted by atomic mass is 19.3. The second-order valence-electron chi connectivity index (χ2n) is 8.39. The van der Waals surface area contributed by atoms with Gasteiger partial charge >= 0.3 is 6.61 Å². The van der Waals surface area contributed by atoms with Crippen LogP contribution in [0.3, 0.4) is 0 Å². The number of hydrogen-bond acceptors (Lipinski definition) is 7. The van der Waals surface area contributed by atoms with Gasteiger partial charge in [-0.05, 0) is 44.9 Å². The number of rotatable bonds is 6. The fraction of sp³-hybridized carbons (Fsp3) is 0.375. The summed E-state index contributed by atoms with van der Waals surface area (Å²) in [5.41, 5.74) is 2.68. The van der Waals surface area contributed by atoms with Crippen molar-refractivity contribution in [2.45, 2.75) is 52.2 Å². The zero-order valence-corrected chi connectivity index (χ0v) is 19.2. The summed E-state index contributed by atoms with van der Waals surface area (Å²) < 4.78 is 29.9. The van der Waals surface area contributed by atoms with E-state index in [4.69, 9.17) is 9.97 Å². The van der Waals surface area contributed by atoms with Crippen molar-refractivity contribution < 1.29 is 18.3 Å². The first kappa shape index (κ1) is 23.5. The van der Waals surface area contributed by atoms with Crippen molar-refractivity contribution in [3.05, 3.63) is 54.4 Å². The SMILES string of the molecule is CC(=O)N1C[C@H](c2nc(Nc3ccnc(C)c3)cc(-c3cncc(OC(F)F)c3)n2)CC[C@@H]1C. The van der Waals surface area contributed by atoms with Crippen LogP contribution in [0.1, 0.15) is 44.1 Å². The predicted octanol–water partition coefficient (Wildman–Crippen LogP) is 4.70. The third kappa shape index (κ3) is 5.62. The van der Waals surface area contributed by atoms with Gasteiger partial charge in [0.25, 0.3) is 0 Å². The van der Waals surface area contributed by atoms with Gasteiger partial charge in [0.05, 0.1) is 11.9 Å². The summed E-state index contributed by atoms with van der Waals surface area (Å²) in [6.07, 6.45) is 6.13. The molecule has 3 aromatic rings. The predicted molar refractivity (Wildman–Crippen MR) is 123 cm³/mol. The minimum Gasteiger partial charge on any atom is -0.433 e. The molecule has 1 saturated heterocycles. The number of anilines is 2. The Morgan fingerprint density at radius 3 is 2.76 bits per heavy atom. The van der Waals surface area contributed by atoms with E-state index in [1.54, 1.807) is 19.2 Å². The van der Waals surface area contributed by atoms with E-state index in [1.807, 2.05) is 30.9 Å². The third-order valence-electron chi connectivity index (χ3n) is 5.80. The highest BCUT2D eigenvalue weighted by Gasteiger charge is 2.30. The van der Waals surface area contributed by atoms with Gasteiger partial charge in [0, 0.05) is 60.8 Å². The Bertz CT molecular complexity index is 1180. The first-order valence-corrected chi connectivity index (χ1v) is 11.0. The van der Waals surface area contributed by atoms with E-state index in [2.05, 4.69) is 20.0 Å². The summed E-state index contributed by atoms with van der Waals surface area (Å²) in [6.45, 7) is 3.05. The van der Waals surface area contributed by atoms with Gasteiger partial charge in [-0.3, -0.25) is 14.8 Å². The number of hydrogen-bond donors (Lipinski definition) is 1. The van der Waals surface area contributed by atoms with Crippen molar-refractivity contribution >= 4 is 17.4 Å². The second-order valence-corrected chi connectivity index (χ2v) is 8.39. The van der Waals surface area contributed by atoms with E-state index >= 15 is 0 Å². The first-order valence-electron chi connectivity index (χ1n) is 11.0. The first-order chi connectivity index (χ1) is 16.3. The summed E-state index contributed by atoms with van der Waals surface area (Å²) >= 11 is 0. The molecule has 4 rings (SSSR count). The van der Waals surface area contributed by atoms with Crippen LogP contribution in [0.15, 0.2) is 42.9 Å². The zero-order valence-electron chi connectivity index (χ0n) is 19.2. The van der Waals surface area contributed by atoms with Crippen LogP contribution in [-0.2, 0) is 4.79 Å². The number of halogens is 2. The Morgan fingerprint density at radius 1 is 1.21 bits per heavy atom. The van der Waals surface area contributed by atoms with Crippen LogP contribution in [0.2, 0.25) is 0 Å². The molecule has 0 saturated carbocycles. The minimum atomic E-state index is -2.95. The number of carbonyl (C=O) groups is 1. The number of pyridine rings is 2. The topological polar surface area (TPSA) is 93.1 Å². The maximum Gasteiger partial charge on any atom is 0.387 e. The summed E-state index contributed by atoms with van der Waals surface area (Å²) in [4.78, 5) is 31.7. The maximum atomic E-state index is 12.7. The van der Waals surface area contributed by atoms with Gasteiger partial charge in [-0.1, -0.05) is 0 Å². The molecule has 0 radical (unpaired) electrons. The minimum absolute atomic E-state index is 0.0139. The average Bonchev–Trinajstić information content (AvgIpc) is 2.79. The summed E-state index contributed by atoms with van der Waals surface area (Å²) in [5.74, 6) is 1.01. The molecule has 1 aliphatic rings. The van der Waals surface area contributed by atoms with Crippen molar-refractivity contribution in [3.63, 3.8) is 0 Å². The maximum absolute atomic E-state index is 12.7. The van der Waals surface area contributed by atoms with Gasteiger partial charge in [0.15, 0.2) is 0 Å². The lowest BCUT2D eigenvalue weighted by atomic mass is 9.92. The van der Waals surface area contributed by atoms with Gasteiger partial charge in [0.1, 0.15) is 17.4 Å². The van der Waals surface area contributed by atoms with E-state index in [0.717, 1.165) is 24.2 Å². The van der Waals surface area contributed by atoms with Crippen LogP contribution in [-0.4, -0.2) is 49.9 Å². The quantitative estimate of drug-likeness (QED) is 0.560. The Morgan fingerprint density at radius 2 is 2.03 bits per heavy atom. The highest BCUT2D eigenvalue weighted by Crippen LogP contribution is 2.32. The normalized spacial score (nSPS) is 18.1. The molecular weight excluding hydrogens is 442 g/mol. The molecule has 178 valence electrons. The summed E-state index contributed by atoms with van der Waals surface area (Å²) in [7, 11) is 0. The van der Waals surface area contributed by atoms with Gasteiger partial charge in [-0.2, -0.15) is 8.78 Å². The van der Waals surface area contributed by atoms with Crippen molar-refractivity contribution in [1.29, 1.82) is 0 Å². The van der Waals surface area contributed by atoms with Gasteiger partial charge in [0.2, 0.25) is 5.91 Å². The molecule has 4 heterocycles. The summed E-state index contributed by atoms with van der Waals surface area (Å²) in [5, 5.41) is 3.28. The number of aryl methyl sites for hydroxylation is 1. The smallest absolute Gasteiger partial charge is 0.387 e. The number of piperidine rings is 1. The van der Waals surface area contributed by atoms with Gasteiger partial charge in [-0.15, -0.1) is 0 Å². The lowest BCUT2D eigenvalue weighted by Crippen LogP contribution is -2.44. The van der Waals surface area contributed by atoms with Gasteiger partial charge in [-0.25, -0.2) is 9.97 Å². The molecule has 34 heavy (non-hydrogen) atoms. The average molecular weight is 469 g/mol. The molecule has 8 nitrogen and oxygen atoms in total. The molecule has 10 heteroatoms. The molecular formula is C24H26F2N6O2. The molecule has 1 amide bonds. The molecule has 1 N–H and O–H groups in total. The number of nitrogens with one attached hydrogen (secondary N) is 1. The van der Waals surface area contributed by atoms with Crippen molar-refractivity contribution in [3.8, 4) is 17.0 Å². The highest BCUT2D eigenvalue weighted by molar-refractivity contribution is 5.74. The Kier molecular flexibility index (Phi) is 6.95. The standard InChI is InChI=1S/C24H26F2N6O2/c1-14-8-19(6-7-28-14)29-22-10-21(18-9-20(12-27-11-18)34-24(25)26)30-23(31-22)17-5-4-15(2)32(13-17)16(3)33/h6-12,15,17,24H,4-5,13H2,1-3H3,(H,28,29,30,31)/t15-,17+/m0/s1. The van der Waals surface area contributed by atoms with Gasteiger partial charge < -0.3 is 15.0 Å². The largest absolute Gasteiger partial charge is 0.433 e. The lowest BCUT2D eigenvalue weighted by Gasteiger charge is -2.37. The van der Waals surface area contributed by atoms with E-state index in [9.17, 15) is 13.6 Å². The van der Waals surface area contributed by atoms with Crippen LogP contribution in [0.5, 0.6) is 5.75 Å². The number of likely N-dealkylation sites (tertiary alicyclic amines) is 1. The van der Waals surface area contributed by atoms with Crippen LogP contribution >= 0.6 is 0 Å². The third-order valence-corrected chi connectivity index (χ3v) is 5.80. The Hall–Kier alpha value is -3.69. The van der Waals surface area contributed by atoms with Crippen LogP contribution < -0.4 is 10.1 Å². The van der Waals surface area contributed by atoms with Crippen molar-refractivity contribution in [1.82, 2.24) is 24.8 Å². The van der Waals surface area contributed by atoms with E-state index < -0.39 is 6.61 Å². The monoisotopic (exact) mass is 468 g/mol. The summed E-state index contributed by atoms with van der Waals surface area (Å²) in [6, 6.07) is 7.07. The fourth-order valence-electron chi connectivity index (χ4n) is 4.11. The lowest BCUT2D eigenvalue weighted by molar-refractivity contribution is -0.132. The number of alkyl halides is 2. The number of amides is 1. The number of aromatic nitrogens is 4. The molecule has 0 unspecified atom stereocenters. The molecule has 0 bridgehead atoms. The molecule has 2 atom stereocenters. The second kappa shape index (κ2) is 10.1. The van der Waals surface area contributed by atoms with Crippen LogP contribution in [0.25, 0.3) is 11.3 Å². The number of ether oxygens (including phenoxy) is 1. The van der Waals surface area contributed by atoms with Crippen LogP contribution in [0.4, 0.5) is 20.3 Å². The Balaban J connectivity index is 1.73. The zero-order chi connectivity index (χ0) is 24.2. The van der Waals surface area contributed by atoms with Crippen molar-refractivity contribution in [2.24, 2.45) is 0 Å². The van der Waals surface area contributed by atoms with Crippen molar-refractivity contribution in [2.75, 3.05) is 11.9 Å². The Labute approximate surface area is 196 Å². The molecule has 0 aliphatic carbocycles. The van der Waals surface area contributed by atoms with E-state index in [1.165, 1.54) is 18.5 Å². The fourth-order valence-corrected chi connectivity index (χ4v) is 4.11. The van der Waals surface area contributed by atoms with Crippen LogP contribution in [0, 0.1) is 6.92 Å². The molecule has 0 spiro atoms. The molecule has 1 fully saturated rings. The molecule has 1 aliphatic heterocycles. The molecule has 0 aromatic carbocycles. The number of carbonyl (C=O) groups excluding carboxylic acids is 1. The van der Waals surface area contributed by atoms with E-state index in [-0.39, 0.29) is 23.6 Å². The molecule has 3 aromatic heterocycles. The number of nitrogens with zero attached hydrogens (tertiary/aromatic N) is 5. The van der Waals surface area contributed by atoms with E-state index in [0.29, 0.717) is 29.4 Å².